The summed E-state index contributed by atoms with van der Waals surface area (Å²) in [5.74, 6) is -1.52. The molecule has 0 heterocycles. The molecule has 178 valence electrons. The minimum absolute atomic E-state index is 0.351. The average molecular weight is 427 g/mol. The van der Waals surface area contributed by atoms with Gasteiger partial charge in [0.05, 0.1) is 6.61 Å². The Balaban J connectivity index is 4.25. The highest BCUT2D eigenvalue weighted by atomic mass is 16.5. The predicted octanol–water partition coefficient (Wildman–Crippen LogP) is 8.07. The third-order valence-corrected chi connectivity index (χ3v) is 6.17. The lowest BCUT2D eigenvalue weighted by Crippen LogP contribution is -2.41. The Morgan fingerprint density at radius 3 is 1.47 bits per heavy atom. The van der Waals surface area contributed by atoms with Crippen LogP contribution < -0.4 is 0 Å². The van der Waals surface area contributed by atoms with Gasteiger partial charge in [-0.2, -0.15) is 0 Å². The van der Waals surface area contributed by atoms with Gasteiger partial charge >= 0.3 is 11.9 Å². The van der Waals surface area contributed by atoms with Gasteiger partial charge in [-0.3, -0.25) is 9.59 Å². The fourth-order valence-corrected chi connectivity index (χ4v) is 4.16. The standard InChI is InChI=1S/C26H50O4/c1-4-7-9-11-13-15-17-19-22-26(21-6-3,24(27)28)25(29)30-23-20-18-16-14-12-10-8-5-2/h4-23H2,1-3H3,(H,27,28). The second-order valence-electron chi connectivity index (χ2n) is 8.97. The first-order valence-electron chi connectivity index (χ1n) is 13.0. The summed E-state index contributed by atoms with van der Waals surface area (Å²) in [5, 5.41) is 9.87. The smallest absolute Gasteiger partial charge is 0.323 e. The average Bonchev–Trinajstić information content (AvgIpc) is 2.73. The molecule has 0 amide bonds. The second kappa shape index (κ2) is 19.9. The molecule has 4 heteroatoms. The van der Waals surface area contributed by atoms with Gasteiger partial charge in [-0.05, 0) is 19.3 Å². The minimum Gasteiger partial charge on any atom is -0.480 e. The zero-order valence-corrected chi connectivity index (χ0v) is 20.3. The molecule has 0 radical (unpaired) electrons. The summed E-state index contributed by atoms with van der Waals surface area (Å²) < 4.78 is 5.47. The molecule has 1 N–H and O–H groups in total. The fourth-order valence-electron chi connectivity index (χ4n) is 4.16. The van der Waals surface area contributed by atoms with Gasteiger partial charge in [0.1, 0.15) is 0 Å². The van der Waals surface area contributed by atoms with E-state index in [4.69, 9.17) is 4.74 Å². The summed E-state index contributed by atoms with van der Waals surface area (Å²) >= 11 is 0. The topological polar surface area (TPSA) is 63.6 Å². The van der Waals surface area contributed by atoms with Crippen LogP contribution in [0, 0.1) is 5.41 Å². The van der Waals surface area contributed by atoms with Crippen LogP contribution in [-0.4, -0.2) is 23.7 Å². The van der Waals surface area contributed by atoms with Gasteiger partial charge in [0.25, 0.3) is 0 Å². The van der Waals surface area contributed by atoms with Crippen molar-refractivity contribution < 1.29 is 19.4 Å². The van der Waals surface area contributed by atoms with Crippen molar-refractivity contribution in [2.45, 2.75) is 143 Å². The van der Waals surface area contributed by atoms with Crippen molar-refractivity contribution in [3.8, 4) is 0 Å². The molecule has 0 spiro atoms. The Morgan fingerprint density at radius 2 is 1.03 bits per heavy atom. The van der Waals surface area contributed by atoms with Crippen molar-refractivity contribution in [1.29, 1.82) is 0 Å². The van der Waals surface area contributed by atoms with Gasteiger partial charge in [0.15, 0.2) is 5.41 Å². The lowest BCUT2D eigenvalue weighted by Gasteiger charge is -2.27. The van der Waals surface area contributed by atoms with E-state index in [1.807, 2.05) is 6.92 Å². The van der Waals surface area contributed by atoms with Crippen LogP contribution in [0.1, 0.15) is 143 Å². The van der Waals surface area contributed by atoms with Gasteiger partial charge in [-0.15, -0.1) is 0 Å². The largest absolute Gasteiger partial charge is 0.480 e. The second-order valence-corrected chi connectivity index (χ2v) is 8.97. The normalized spacial score (nSPS) is 13.2. The molecule has 0 aliphatic rings. The molecule has 0 aromatic heterocycles. The van der Waals surface area contributed by atoms with Gasteiger partial charge in [0, 0.05) is 0 Å². The maximum Gasteiger partial charge on any atom is 0.323 e. The Kier molecular flexibility index (Phi) is 19.2. The number of ether oxygens (including phenoxy) is 1. The van der Waals surface area contributed by atoms with Crippen LogP contribution in [0.4, 0.5) is 0 Å². The number of carboxylic acids is 1. The number of aliphatic carboxylic acids is 1. The van der Waals surface area contributed by atoms with E-state index in [1.165, 1.54) is 70.6 Å². The number of carbonyl (C=O) groups is 2. The van der Waals surface area contributed by atoms with Crippen molar-refractivity contribution in [3.05, 3.63) is 0 Å². The molecule has 0 fully saturated rings. The highest BCUT2D eigenvalue weighted by Gasteiger charge is 2.46. The fraction of sp³-hybridized carbons (Fsp3) is 0.923. The van der Waals surface area contributed by atoms with Crippen LogP contribution in [0.15, 0.2) is 0 Å². The summed E-state index contributed by atoms with van der Waals surface area (Å²) in [5.41, 5.74) is -1.35. The van der Waals surface area contributed by atoms with E-state index in [2.05, 4.69) is 13.8 Å². The maximum atomic E-state index is 12.7. The van der Waals surface area contributed by atoms with Crippen molar-refractivity contribution in [2.75, 3.05) is 6.61 Å². The van der Waals surface area contributed by atoms with E-state index in [1.54, 1.807) is 0 Å². The molecule has 1 atom stereocenters. The van der Waals surface area contributed by atoms with Crippen LogP contribution in [0.5, 0.6) is 0 Å². The molecule has 0 saturated carbocycles. The molecule has 0 aromatic carbocycles. The lowest BCUT2D eigenvalue weighted by atomic mass is 9.78. The minimum atomic E-state index is -1.35. The molecule has 0 bridgehead atoms. The van der Waals surface area contributed by atoms with Crippen LogP contribution in [0.3, 0.4) is 0 Å². The SMILES string of the molecule is CCCCCCCCCCOC(=O)C(CCC)(CCCCCCCCCC)C(=O)O. The molecule has 1 unspecified atom stereocenters. The first-order valence-corrected chi connectivity index (χ1v) is 13.0. The Hall–Kier alpha value is -1.06. The number of carboxylic acid groups (broad SMARTS) is 1. The van der Waals surface area contributed by atoms with Crippen LogP contribution in [0.2, 0.25) is 0 Å². The quantitative estimate of drug-likeness (QED) is 0.108. The third kappa shape index (κ3) is 13.3. The predicted molar refractivity (Wildman–Crippen MR) is 126 cm³/mol. The van der Waals surface area contributed by atoms with Crippen LogP contribution >= 0.6 is 0 Å². The maximum absolute atomic E-state index is 12.7. The molecule has 0 aliphatic heterocycles. The number of esters is 1. The molecule has 30 heavy (non-hydrogen) atoms. The van der Waals surface area contributed by atoms with E-state index >= 15 is 0 Å². The van der Waals surface area contributed by atoms with Crippen LogP contribution in [-0.2, 0) is 14.3 Å². The zero-order chi connectivity index (χ0) is 22.5. The molecule has 0 rings (SSSR count). The van der Waals surface area contributed by atoms with Gasteiger partial charge in [0.2, 0.25) is 0 Å². The summed E-state index contributed by atoms with van der Waals surface area (Å²) in [6.07, 6.45) is 20.1. The number of hydrogen-bond donors (Lipinski definition) is 1. The Labute approximate surface area is 186 Å². The number of carbonyl (C=O) groups excluding carboxylic acids is 1. The molecule has 0 saturated heterocycles. The number of rotatable bonds is 22. The van der Waals surface area contributed by atoms with Crippen molar-refractivity contribution in [2.24, 2.45) is 5.41 Å². The molecule has 0 aliphatic carbocycles. The summed E-state index contributed by atoms with van der Waals surface area (Å²) in [6.45, 7) is 6.73. The van der Waals surface area contributed by atoms with Crippen molar-refractivity contribution in [1.82, 2.24) is 0 Å². The van der Waals surface area contributed by atoms with E-state index in [0.29, 0.717) is 25.9 Å². The monoisotopic (exact) mass is 426 g/mol. The zero-order valence-electron chi connectivity index (χ0n) is 20.3. The van der Waals surface area contributed by atoms with Gasteiger partial charge in [-0.25, -0.2) is 0 Å². The van der Waals surface area contributed by atoms with Crippen molar-refractivity contribution in [3.63, 3.8) is 0 Å². The molecule has 0 aromatic rings. The summed E-state index contributed by atoms with van der Waals surface area (Å²) in [4.78, 5) is 24.8. The first kappa shape index (κ1) is 28.9. The molecular formula is C26H50O4. The summed E-state index contributed by atoms with van der Waals surface area (Å²) in [6, 6.07) is 0. The first-order chi connectivity index (χ1) is 14.5. The van der Waals surface area contributed by atoms with Crippen molar-refractivity contribution >= 4 is 11.9 Å². The third-order valence-electron chi connectivity index (χ3n) is 6.17. The van der Waals surface area contributed by atoms with Crippen LogP contribution in [0.25, 0.3) is 0 Å². The van der Waals surface area contributed by atoms with E-state index < -0.39 is 17.4 Å². The molecular weight excluding hydrogens is 376 g/mol. The lowest BCUT2D eigenvalue weighted by molar-refractivity contribution is -0.170. The van der Waals surface area contributed by atoms with E-state index in [-0.39, 0.29) is 0 Å². The van der Waals surface area contributed by atoms with E-state index in [0.717, 1.165) is 32.1 Å². The molecule has 4 nitrogen and oxygen atoms in total. The number of hydrogen-bond acceptors (Lipinski definition) is 3. The Morgan fingerprint density at radius 1 is 0.600 bits per heavy atom. The van der Waals surface area contributed by atoms with Gasteiger partial charge in [-0.1, -0.05) is 124 Å². The highest BCUT2D eigenvalue weighted by Crippen LogP contribution is 2.33. The number of unbranched alkanes of at least 4 members (excludes halogenated alkanes) is 14. The summed E-state index contributed by atoms with van der Waals surface area (Å²) in [7, 11) is 0. The van der Waals surface area contributed by atoms with E-state index in [9.17, 15) is 14.7 Å². The van der Waals surface area contributed by atoms with Gasteiger partial charge < -0.3 is 9.84 Å². The Bertz CT molecular complexity index is 421. The highest BCUT2D eigenvalue weighted by molar-refractivity contribution is 5.99.